The maximum absolute atomic E-state index is 13.9. The van der Waals surface area contributed by atoms with Gasteiger partial charge in [0.05, 0.1) is 24.7 Å². The van der Waals surface area contributed by atoms with Gasteiger partial charge >= 0.3 is 0 Å². The summed E-state index contributed by atoms with van der Waals surface area (Å²) in [5, 5.41) is 7.49. The number of aromatic nitrogens is 2. The molecule has 5 rings (SSSR count). The second-order valence-electron chi connectivity index (χ2n) is 7.82. The Balaban J connectivity index is 1.74. The Morgan fingerprint density at radius 1 is 1.19 bits per heavy atom. The van der Waals surface area contributed by atoms with E-state index in [9.17, 15) is 9.59 Å². The number of anilines is 2. The van der Waals surface area contributed by atoms with E-state index in [-0.39, 0.29) is 18.2 Å². The monoisotopic (exact) mass is 414 g/mol. The number of ether oxygens (including phenoxy) is 1. The van der Waals surface area contributed by atoms with Gasteiger partial charge in [-0.3, -0.25) is 9.59 Å². The summed E-state index contributed by atoms with van der Waals surface area (Å²) >= 11 is 0. The molecule has 2 amide bonds. The largest absolute Gasteiger partial charge is 0.497 e. The first-order valence-electron chi connectivity index (χ1n) is 10.1. The van der Waals surface area contributed by atoms with Gasteiger partial charge in [-0.1, -0.05) is 24.3 Å². The zero-order chi connectivity index (χ0) is 21.8. The van der Waals surface area contributed by atoms with Crippen LogP contribution in [0.5, 0.6) is 5.75 Å². The minimum Gasteiger partial charge on any atom is -0.497 e. The van der Waals surface area contributed by atoms with Crippen LogP contribution in [0.15, 0.2) is 61.3 Å². The molecule has 1 N–H and O–H groups in total. The highest BCUT2D eigenvalue weighted by molar-refractivity contribution is 6.16. The third-order valence-corrected chi connectivity index (χ3v) is 6.12. The number of hydrogen-bond donors (Lipinski definition) is 1. The van der Waals surface area contributed by atoms with Crippen LogP contribution in [0.2, 0.25) is 0 Å². The molecule has 2 aromatic carbocycles. The van der Waals surface area contributed by atoms with E-state index in [0.29, 0.717) is 17.9 Å². The molecule has 3 heterocycles. The summed E-state index contributed by atoms with van der Waals surface area (Å²) in [5.74, 6) is 0.898. The number of amides is 2. The van der Waals surface area contributed by atoms with E-state index in [4.69, 9.17) is 4.74 Å². The number of benzene rings is 2. The van der Waals surface area contributed by atoms with Crippen LogP contribution in [0, 0.1) is 6.92 Å². The van der Waals surface area contributed by atoms with Gasteiger partial charge in [-0.25, -0.2) is 4.68 Å². The zero-order valence-electron chi connectivity index (χ0n) is 17.4. The number of nitrogens with zero attached hydrogens (tertiary/aromatic N) is 3. The van der Waals surface area contributed by atoms with Gasteiger partial charge in [-0.15, -0.1) is 6.58 Å². The normalized spacial score (nSPS) is 19.2. The minimum absolute atomic E-state index is 0.0389. The first kappa shape index (κ1) is 19.1. The molecule has 7 nitrogen and oxygen atoms in total. The van der Waals surface area contributed by atoms with Crippen molar-refractivity contribution in [2.75, 3.05) is 23.9 Å². The standard InChI is InChI=1S/C24H22N4O3/c1-4-12-27-21-15(2)6-5-7-18(21)24(23(27)30)13-20(29)26-22-19(24)14-25-28(22)16-8-10-17(31-3)11-9-16/h4-11,14H,1,12-13H2,2-3H3,(H,26,29). The molecule has 31 heavy (non-hydrogen) atoms. The van der Waals surface area contributed by atoms with E-state index in [0.717, 1.165) is 28.3 Å². The smallest absolute Gasteiger partial charge is 0.243 e. The molecular formula is C24H22N4O3. The molecule has 1 spiro atoms. The molecular weight excluding hydrogens is 392 g/mol. The summed E-state index contributed by atoms with van der Waals surface area (Å²) in [7, 11) is 1.61. The summed E-state index contributed by atoms with van der Waals surface area (Å²) in [5.41, 5.74) is 3.03. The molecule has 1 atom stereocenters. The van der Waals surface area contributed by atoms with E-state index >= 15 is 0 Å². The number of methoxy groups -OCH3 is 1. The van der Waals surface area contributed by atoms with Gasteiger partial charge in [0.25, 0.3) is 0 Å². The quantitative estimate of drug-likeness (QED) is 0.665. The number of rotatable bonds is 4. The lowest BCUT2D eigenvalue weighted by molar-refractivity contribution is -0.126. The lowest BCUT2D eigenvalue weighted by atomic mass is 9.71. The molecule has 0 aliphatic carbocycles. The number of hydrogen-bond acceptors (Lipinski definition) is 4. The third kappa shape index (κ3) is 2.56. The first-order chi connectivity index (χ1) is 15.0. The van der Waals surface area contributed by atoms with Gasteiger partial charge in [0.1, 0.15) is 17.0 Å². The fourth-order valence-corrected chi connectivity index (χ4v) is 4.76. The van der Waals surface area contributed by atoms with Gasteiger partial charge in [0.15, 0.2) is 0 Å². The summed E-state index contributed by atoms with van der Waals surface area (Å²) in [6.45, 7) is 6.17. The van der Waals surface area contributed by atoms with Crippen LogP contribution in [-0.2, 0) is 15.0 Å². The van der Waals surface area contributed by atoms with E-state index in [2.05, 4.69) is 17.0 Å². The van der Waals surface area contributed by atoms with Crippen LogP contribution in [0.4, 0.5) is 11.5 Å². The number of fused-ring (bicyclic) bond motifs is 4. The minimum atomic E-state index is -1.10. The van der Waals surface area contributed by atoms with Crippen molar-refractivity contribution in [2.24, 2.45) is 0 Å². The van der Waals surface area contributed by atoms with Crippen molar-refractivity contribution >= 4 is 23.3 Å². The van der Waals surface area contributed by atoms with Crippen LogP contribution in [0.1, 0.15) is 23.1 Å². The Kier molecular flexibility index (Phi) is 4.22. The van der Waals surface area contributed by atoms with E-state index < -0.39 is 5.41 Å². The summed E-state index contributed by atoms with van der Waals surface area (Å²) in [4.78, 5) is 28.5. The Labute approximate surface area is 179 Å². The lowest BCUT2D eigenvalue weighted by Crippen LogP contribution is -2.46. The number of carbonyl (C=O) groups excluding carboxylic acids is 2. The molecule has 7 heteroatoms. The third-order valence-electron chi connectivity index (χ3n) is 6.12. The molecule has 2 aliphatic rings. The van der Waals surface area contributed by atoms with Crippen LogP contribution >= 0.6 is 0 Å². The summed E-state index contributed by atoms with van der Waals surface area (Å²) in [6, 6.07) is 13.2. The molecule has 0 radical (unpaired) electrons. The van der Waals surface area contributed by atoms with E-state index in [1.807, 2.05) is 49.4 Å². The van der Waals surface area contributed by atoms with Crippen molar-refractivity contribution < 1.29 is 14.3 Å². The van der Waals surface area contributed by atoms with Crippen molar-refractivity contribution in [1.82, 2.24) is 9.78 Å². The molecule has 0 fully saturated rings. The molecule has 0 bridgehead atoms. The molecule has 2 aliphatic heterocycles. The lowest BCUT2D eigenvalue weighted by Gasteiger charge is -2.32. The predicted octanol–water partition coefficient (Wildman–Crippen LogP) is 3.35. The predicted molar refractivity (Wildman–Crippen MR) is 118 cm³/mol. The highest BCUT2D eigenvalue weighted by Crippen LogP contribution is 2.53. The van der Waals surface area contributed by atoms with Gasteiger partial charge < -0.3 is 15.0 Å². The Morgan fingerprint density at radius 2 is 1.97 bits per heavy atom. The highest BCUT2D eigenvalue weighted by atomic mass is 16.5. The highest BCUT2D eigenvalue weighted by Gasteiger charge is 2.57. The summed E-state index contributed by atoms with van der Waals surface area (Å²) in [6.07, 6.45) is 3.44. The summed E-state index contributed by atoms with van der Waals surface area (Å²) < 4.78 is 6.89. The van der Waals surface area contributed by atoms with Crippen molar-refractivity contribution in [3.8, 4) is 11.4 Å². The van der Waals surface area contributed by atoms with Crippen LogP contribution in [0.25, 0.3) is 5.69 Å². The van der Waals surface area contributed by atoms with Crippen molar-refractivity contribution in [3.05, 3.63) is 78.0 Å². The molecule has 0 saturated heterocycles. The molecule has 3 aromatic rings. The van der Waals surface area contributed by atoms with E-state index in [1.165, 1.54) is 0 Å². The maximum atomic E-state index is 13.9. The van der Waals surface area contributed by atoms with Crippen LogP contribution in [-0.4, -0.2) is 35.2 Å². The number of nitrogens with one attached hydrogen (secondary N) is 1. The van der Waals surface area contributed by atoms with Crippen molar-refractivity contribution in [3.63, 3.8) is 0 Å². The second kappa shape index (κ2) is 6.84. The first-order valence-corrected chi connectivity index (χ1v) is 10.1. The number of aryl methyl sites for hydroxylation is 1. The second-order valence-corrected chi connectivity index (χ2v) is 7.82. The van der Waals surface area contributed by atoms with Gasteiger partial charge in [0, 0.05) is 18.5 Å². The van der Waals surface area contributed by atoms with Crippen LogP contribution < -0.4 is 15.0 Å². The van der Waals surface area contributed by atoms with Gasteiger partial charge in [0.2, 0.25) is 11.8 Å². The molecule has 156 valence electrons. The fourth-order valence-electron chi connectivity index (χ4n) is 4.76. The van der Waals surface area contributed by atoms with Crippen molar-refractivity contribution in [2.45, 2.75) is 18.8 Å². The number of carbonyl (C=O) groups is 2. The topological polar surface area (TPSA) is 76.5 Å². The van der Waals surface area contributed by atoms with Gasteiger partial charge in [-0.05, 0) is 42.3 Å². The van der Waals surface area contributed by atoms with Crippen molar-refractivity contribution in [1.29, 1.82) is 0 Å². The van der Waals surface area contributed by atoms with Crippen LogP contribution in [0.3, 0.4) is 0 Å². The SMILES string of the molecule is C=CCN1C(=O)C2(CC(=O)Nc3c2cnn3-c2ccc(OC)cc2)c2cccc(C)c21. The molecule has 1 unspecified atom stereocenters. The molecule has 0 saturated carbocycles. The average Bonchev–Trinajstić information content (AvgIpc) is 3.29. The Hall–Kier alpha value is -3.87. The van der Waals surface area contributed by atoms with Gasteiger partial charge in [-0.2, -0.15) is 5.10 Å². The van der Waals surface area contributed by atoms with E-state index in [1.54, 1.807) is 29.0 Å². The Morgan fingerprint density at radius 3 is 2.68 bits per heavy atom. The average molecular weight is 414 g/mol. The molecule has 1 aromatic heterocycles. The zero-order valence-corrected chi connectivity index (χ0v) is 17.4. The fraction of sp³-hybridized carbons (Fsp3) is 0.208. The Bertz CT molecular complexity index is 1230. The number of para-hydroxylation sites is 1. The maximum Gasteiger partial charge on any atom is 0.243 e.